The Kier molecular flexibility index (Phi) is 10.7. The highest BCUT2D eigenvalue weighted by atomic mass is 127. The van der Waals surface area contributed by atoms with Gasteiger partial charge in [0, 0.05) is 32.4 Å². The van der Waals surface area contributed by atoms with E-state index in [9.17, 15) is 0 Å². The summed E-state index contributed by atoms with van der Waals surface area (Å²) >= 11 is 0. The molecule has 0 radical (unpaired) electrons. The first-order chi connectivity index (χ1) is 11.3. The molecule has 0 saturated carbocycles. The molecular formula is C17H30IN5O. The van der Waals surface area contributed by atoms with E-state index in [0.717, 1.165) is 11.7 Å². The van der Waals surface area contributed by atoms with Crippen LogP contribution in [0.15, 0.2) is 29.5 Å². The quantitative estimate of drug-likeness (QED) is 0.290. The minimum Gasteiger partial charge on any atom is -0.490 e. The number of likely N-dealkylation sites (tertiary alicyclic amines) is 1. The van der Waals surface area contributed by atoms with E-state index in [4.69, 9.17) is 4.74 Å². The van der Waals surface area contributed by atoms with Gasteiger partial charge in [0.1, 0.15) is 12.4 Å². The molecule has 0 aromatic carbocycles. The molecule has 1 saturated heterocycles. The zero-order chi connectivity index (χ0) is 16.3. The van der Waals surface area contributed by atoms with E-state index in [1.807, 2.05) is 19.2 Å². The molecule has 1 aromatic heterocycles. The minimum absolute atomic E-state index is 0. The Labute approximate surface area is 162 Å². The first kappa shape index (κ1) is 21.0. The fourth-order valence-corrected chi connectivity index (χ4v) is 2.78. The van der Waals surface area contributed by atoms with Gasteiger partial charge in [-0.15, -0.1) is 24.0 Å². The summed E-state index contributed by atoms with van der Waals surface area (Å²) in [4.78, 5) is 10.9. The summed E-state index contributed by atoms with van der Waals surface area (Å²) in [6, 6.07) is 4.28. The molecule has 1 aliphatic rings. The Morgan fingerprint density at radius 3 is 2.83 bits per heavy atom. The zero-order valence-electron chi connectivity index (χ0n) is 14.7. The van der Waals surface area contributed by atoms with E-state index in [-0.39, 0.29) is 24.0 Å². The van der Waals surface area contributed by atoms with Crippen molar-refractivity contribution in [2.24, 2.45) is 4.99 Å². The van der Waals surface area contributed by atoms with E-state index in [1.165, 1.54) is 38.9 Å². The maximum absolute atomic E-state index is 5.62. The molecule has 2 N–H and O–H groups in total. The SMILES string of the molecule is CCCN1CCC(NC(=NC)NCCOc2cccnc2)CC1.I. The fraction of sp³-hybridized carbons (Fsp3) is 0.647. The van der Waals surface area contributed by atoms with E-state index >= 15 is 0 Å². The van der Waals surface area contributed by atoms with Gasteiger partial charge in [-0.1, -0.05) is 6.92 Å². The van der Waals surface area contributed by atoms with Gasteiger partial charge in [0.2, 0.25) is 0 Å². The van der Waals surface area contributed by atoms with Crippen molar-refractivity contribution in [3.05, 3.63) is 24.5 Å². The van der Waals surface area contributed by atoms with Crippen LogP contribution in [0.5, 0.6) is 5.75 Å². The number of rotatable bonds is 7. The molecule has 0 bridgehead atoms. The molecule has 0 atom stereocenters. The van der Waals surface area contributed by atoms with E-state index in [0.29, 0.717) is 19.2 Å². The lowest BCUT2D eigenvalue weighted by atomic mass is 10.1. The summed E-state index contributed by atoms with van der Waals surface area (Å²) in [7, 11) is 1.81. The number of halogens is 1. The molecule has 7 heteroatoms. The fourth-order valence-electron chi connectivity index (χ4n) is 2.78. The highest BCUT2D eigenvalue weighted by Crippen LogP contribution is 2.10. The van der Waals surface area contributed by atoms with Crippen molar-refractivity contribution in [3.63, 3.8) is 0 Å². The lowest BCUT2D eigenvalue weighted by Crippen LogP contribution is -2.49. The topological polar surface area (TPSA) is 61.8 Å². The summed E-state index contributed by atoms with van der Waals surface area (Å²) in [5.74, 6) is 1.65. The van der Waals surface area contributed by atoms with Gasteiger partial charge < -0.3 is 20.3 Å². The summed E-state index contributed by atoms with van der Waals surface area (Å²) in [6.07, 6.45) is 7.04. The lowest BCUT2D eigenvalue weighted by Gasteiger charge is -2.32. The van der Waals surface area contributed by atoms with Crippen molar-refractivity contribution in [1.82, 2.24) is 20.5 Å². The molecule has 24 heavy (non-hydrogen) atoms. The van der Waals surface area contributed by atoms with Crippen LogP contribution in [0.3, 0.4) is 0 Å². The first-order valence-corrected chi connectivity index (χ1v) is 8.54. The minimum atomic E-state index is 0. The predicted octanol–water partition coefficient (Wildman–Crippen LogP) is 2.12. The normalized spacial score (nSPS) is 16.3. The second kappa shape index (κ2) is 12.3. The molecule has 1 aliphatic heterocycles. The van der Waals surface area contributed by atoms with Gasteiger partial charge in [0.05, 0.1) is 12.7 Å². The maximum Gasteiger partial charge on any atom is 0.191 e. The van der Waals surface area contributed by atoms with Gasteiger partial charge in [0.15, 0.2) is 5.96 Å². The van der Waals surface area contributed by atoms with Crippen molar-refractivity contribution >= 4 is 29.9 Å². The Hall–Kier alpha value is -1.09. The number of hydrogen-bond acceptors (Lipinski definition) is 4. The smallest absolute Gasteiger partial charge is 0.191 e. The number of guanidine groups is 1. The monoisotopic (exact) mass is 447 g/mol. The summed E-state index contributed by atoms with van der Waals surface area (Å²) in [5, 5.41) is 6.81. The maximum atomic E-state index is 5.62. The van der Waals surface area contributed by atoms with E-state index < -0.39 is 0 Å². The number of ether oxygens (including phenoxy) is 1. The zero-order valence-corrected chi connectivity index (χ0v) is 17.0. The summed E-state index contributed by atoms with van der Waals surface area (Å²) < 4.78 is 5.62. The average molecular weight is 447 g/mol. The van der Waals surface area contributed by atoms with Crippen LogP contribution >= 0.6 is 24.0 Å². The summed E-state index contributed by atoms with van der Waals surface area (Å²) in [6.45, 7) is 7.10. The van der Waals surface area contributed by atoms with Crippen molar-refractivity contribution in [2.75, 3.05) is 39.8 Å². The number of piperidine rings is 1. The van der Waals surface area contributed by atoms with Crippen molar-refractivity contribution < 1.29 is 4.74 Å². The van der Waals surface area contributed by atoms with Crippen LogP contribution in [0.4, 0.5) is 0 Å². The van der Waals surface area contributed by atoms with Crippen LogP contribution < -0.4 is 15.4 Å². The molecule has 0 unspecified atom stereocenters. The molecule has 0 amide bonds. The van der Waals surface area contributed by atoms with E-state index in [2.05, 4.69) is 32.4 Å². The molecule has 6 nitrogen and oxygen atoms in total. The van der Waals surface area contributed by atoms with Crippen LogP contribution in [0.1, 0.15) is 26.2 Å². The van der Waals surface area contributed by atoms with Crippen molar-refractivity contribution in [1.29, 1.82) is 0 Å². The Balaban J connectivity index is 0.00000288. The standard InChI is InChI=1S/C17H29N5O.HI/c1-3-10-22-11-6-15(7-12-22)21-17(18-2)20-9-13-23-16-5-4-8-19-14-16;/h4-5,8,14-15H,3,6-7,9-13H2,1-2H3,(H2,18,20,21);1H. The van der Waals surface area contributed by atoms with Crippen LogP contribution in [0, 0.1) is 0 Å². The average Bonchev–Trinajstić information content (AvgIpc) is 2.60. The van der Waals surface area contributed by atoms with Gasteiger partial charge in [-0.25, -0.2) is 0 Å². The van der Waals surface area contributed by atoms with Crippen molar-refractivity contribution in [3.8, 4) is 5.75 Å². The Morgan fingerprint density at radius 2 is 2.21 bits per heavy atom. The molecular weight excluding hydrogens is 417 g/mol. The molecule has 0 aliphatic carbocycles. The summed E-state index contributed by atoms with van der Waals surface area (Å²) in [5.41, 5.74) is 0. The second-order valence-electron chi connectivity index (χ2n) is 5.80. The van der Waals surface area contributed by atoms with Crippen molar-refractivity contribution in [2.45, 2.75) is 32.2 Å². The number of nitrogens with zero attached hydrogens (tertiary/aromatic N) is 3. The van der Waals surface area contributed by atoms with E-state index in [1.54, 1.807) is 12.4 Å². The molecule has 0 spiro atoms. The third kappa shape index (κ3) is 7.65. The Bertz CT molecular complexity index is 463. The number of aromatic nitrogens is 1. The lowest BCUT2D eigenvalue weighted by molar-refractivity contribution is 0.206. The third-order valence-electron chi connectivity index (χ3n) is 3.99. The number of aliphatic imine (C=N–C) groups is 1. The van der Waals surface area contributed by atoms with Crippen LogP contribution in [0.25, 0.3) is 0 Å². The number of nitrogens with one attached hydrogen (secondary N) is 2. The first-order valence-electron chi connectivity index (χ1n) is 8.54. The number of pyridine rings is 1. The second-order valence-corrected chi connectivity index (χ2v) is 5.80. The molecule has 2 heterocycles. The van der Waals surface area contributed by atoms with Gasteiger partial charge in [0.25, 0.3) is 0 Å². The molecule has 2 rings (SSSR count). The number of hydrogen-bond donors (Lipinski definition) is 2. The van der Waals surface area contributed by atoms with Crippen LogP contribution in [0.2, 0.25) is 0 Å². The third-order valence-corrected chi connectivity index (χ3v) is 3.99. The van der Waals surface area contributed by atoms with Gasteiger partial charge in [-0.3, -0.25) is 9.98 Å². The predicted molar refractivity (Wildman–Crippen MR) is 109 cm³/mol. The van der Waals surface area contributed by atoms with Crippen LogP contribution in [-0.2, 0) is 0 Å². The van der Waals surface area contributed by atoms with Gasteiger partial charge >= 0.3 is 0 Å². The largest absolute Gasteiger partial charge is 0.490 e. The Morgan fingerprint density at radius 1 is 1.42 bits per heavy atom. The van der Waals surface area contributed by atoms with Crippen LogP contribution in [-0.4, -0.2) is 61.7 Å². The highest BCUT2D eigenvalue weighted by Gasteiger charge is 2.19. The van der Waals surface area contributed by atoms with Gasteiger partial charge in [-0.05, 0) is 37.9 Å². The molecule has 1 fully saturated rings. The van der Waals surface area contributed by atoms with Gasteiger partial charge in [-0.2, -0.15) is 0 Å². The molecule has 136 valence electrons. The molecule has 1 aromatic rings. The highest BCUT2D eigenvalue weighted by molar-refractivity contribution is 14.0.